The van der Waals surface area contributed by atoms with Gasteiger partial charge in [0.05, 0.1) is 10.3 Å². The van der Waals surface area contributed by atoms with E-state index in [-0.39, 0.29) is 5.78 Å². The summed E-state index contributed by atoms with van der Waals surface area (Å²) in [6.45, 7) is 2.95. The van der Waals surface area contributed by atoms with Crippen molar-refractivity contribution >= 4 is 37.9 Å². The standard InChI is InChI=1S/C20H19N3OS/c1-2-8-23-20-18(15-7-9-22-11-17(15)25-20)19(24)13-3-5-14-12(10-13)4-6-16(14)21/h3,5,7,9-11,21,23H,2,4,6,8H2,1H3. The number of hydrogen-bond acceptors (Lipinski definition) is 5. The lowest BCUT2D eigenvalue weighted by atomic mass is 9.98. The van der Waals surface area contributed by atoms with Gasteiger partial charge in [-0.25, -0.2) is 0 Å². The number of thiophene rings is 1. The van der Waals surface area contributed by atoms with Gasteiger partial charge in [0.25, 0.3) is 0 Å². The molecule has 2 aromatic heterocycles. The van der Waals surface area contributed by atoms with Gasteiger partial charge in [0.1, 0.15) is 5.00 Å². The van der Waals surface area contributed by atoms with Gasteiger partial charge in [-0.3, -0.25) is 9.78 Å². The van der Waals surface area contributed by atoms with Crippen LogP contribution in [0.5, 0.6) is 0 Å². The average molecular weight is 349 g/mol. The maximum absolute atomic E-state index is 13.3. The van der Waals surface area contributed by atoms with Crippen molar-refractivity contribution < 1.29 is 4.79 Å². The Labute approximate surface area is 150 Å². The molecule has 3 aromatic rings. The summed E-state index contributed by atoms with van der Waals surface area (Å²) in [6.07, 6.45) is 6.17. The van der Waals surface area contributed by atoms with Crippen LogP contribution in [0.1, 0.15) is 46.8 Å². The molecule has 2 heterocycles. The van der Waals surface area contributed by atoms with Gasteiger partial charge in [-0.15, -0.1) is 11.3 Å². The van der Waals surface area contributed by atoms with Crippen molar-refractivity contribution in [3.05, 3.63) is 58.9 Å². The Morgan fingerprint density at radius 2 is 2.20 bits per heavy atom. The highest BCUT2D eigenvalue weighted by Crippen LogP contribution is 2.37. The molecule has 25 heavy (non-hydrogen) atoms. The summed E-state index contributed by atoms with van der Waals surface area (Å²) in [4.78, 5) is 17.5. The summed E-state index contributed by atoms with van der Waals surface area (Å²) in [5.74, 6) is 0.0392. The molecule has 0 radical (unpaired) electrons. The molecule has 0 aliphatic heterocycles. The second-order valence-electron chi connectivity index (χ2n) is 6.28. The summed E-state index contributed by atoms with van der Waals surface area (Å²) in [5.41, 5.74) is 4.21. The third kappa shape index (κ3) is 2.74. The summed E-state index contributed by atoms with van der Waals surface area (Å²) in [6, 6.07) is 7.66. The maximum atomic E-state index is 13.3. The van der Waals surface area contributed by atoms with Crippen LogP contribution in [0, 0.1) is 5.41 Å². The molecule has 0 bridgehead atoms. The van der Waals surface area contributed by atoms with Crippen molar-refractivity contribution in [2.75, 3.05) is 11.9 Å². The number of anilines is 1. The number of ketones is 1. The van der Waals surface area contributed by atoms with Crippen LogP contribution < -0.4 is 5.32 Å². The summed E-state index contributed by atoms with van der Waals surface area (Å²) in [7, 11) is 0. The molecule has 1 aliphatic carbocycles. The average Bonchev–Trinajstić information content (AvgIpc) is 3.19. The second kappa shape index (κ2) is 6.41. The molecule has 2 N–H and O–H groups in total. The fraction of sp³-hybridized carbons (Fsp3) is 0.250. The van der Waals surface area contributed by atoms with Crippen molar-refractivity contribution in [1.82, 2.24) is 4.98 Å². The molecule has 4 rings (SSSR count). The minimum Gasteiger partial charge on any atom is -0.376 e. The van der Waals surface area contributed by atoms with Gasteiger partial charge < -0.3 is 10.7 Å². The lowest BCUT2D eigenvalue weighted by Gasteiger charge is -2.08. The van der Waals surface area contributed by atoms with E-state index in [4.69, 9.17) is 5.41 Å². The Morgan fingerprint density at radius 1 is 1.32 bits per heavy atom. The molecule has 5 heteroatoms. The van der Waals surface area contributed by atoms with Gasteiger partial charge in [0, 0.05) is 35.6 Å². The zero-order valence-electron chi connectivity index (χ0n) is 14.1. The lowest BCUT2D eigenvalue weighted by molar-refractivity contribution is 0.104. The zero-order valence-corrected chi connectivity index (χ0v) is 14.9. The number of hydrogen-bond donors (Lipinski definition) is 2. The maximum Gasteiger partial charge on any atom is 0.196 e. The molecule has 0 spiro atoms. The van der Waals surface area contributed by atoms with Crippen LogP contribution in [0.15, 0.2) is 36.7 Å². The second-order valence-corrected chi connectivity index (χ2v) is 7.34. The van der Waals surface area contributed by atoms with E-state index in [1.807, 2.05) is 30.5 Å². The third-order valence-electron chi connectivity index (χ3n) is 4.59. The van der Waals surface area contributed by atoms with Gasteiger partial charge in [0.15, 0.2) is 5.78 Å². The predicted molar refractivity (Wildman–Crippen MR) is 103 cm³/mol. The van der Waals surface area contributed by atoms with E-state index in [2.05, 4.69) is 17.2 Å². The van der Waals surface area contributed by atoms with E-state index < -0.39 is 0 Å². The van der Waals surface area contributed by atoms with Gasteiger partial charge >= 0.3 is 0 Å². The Kier molecular flexibility index (Phi) is 4.09. The molecule has 0 amide bonds. The van der Waals surface area contributed by atoms with E-state index in [0.717, 1.165) is 57.6 Å². The van der Waals surface area contributed by atoms with Gasteiger partial charge in [-0.2, -0.15) is 0 Å². The predicted octanol–water partition coefficient (Wildman–Crippen LogP) is 4.66. The van der Waals surface area contributed by atoms with E-state index >= 15 is 0 Å². The number of rotatable bonds is 5. The fourth-order valence-electron chi connectivity index (χ4n) is 3.31. The van der Waals surface area contributed by atoms with Crippen LogP contribution in [-0.4, -0.2) is 23.0 Å². The van der Waals surface area contributed by atoms with Crippen molar-refractivity contribution in [1.29, 1.82) is 5.41 Å². The summed E-state index contributed by atoms with van der Waals surface area (Å²) >= 11 is 1.58. The molecule has 0 unspecified atom stereocenters. The molecular formula is C20H19N3OS. The Hall–Kier alpha value is -2.53. The molecule has 126 valence electrons. The highest BCUT2D eigenvalue weighted by Gasteiger charge is 2.23. The Bertz CT molecular complexity index is 990. The normalized spacial score (nSPS) is 13.2. The number of nitrogens with zero attached hydrogens (tertiary/aromatic N) is 1. The molecule has 4 nitrogen and oxygen atoms in total. The number of aryl methyl sites for hydroxylation is 1. The minimum atomic E-state index is 0.0392. The summed E-state index contributed by atoms with van der Waals surface area (Å²) in [5, 5.41) is 13.2. The van der Waals surface area contributed by atoms with Crippen LogP contribution in [0.3, 0.4) is 0 Å². The number of carbonyl (C=O) groups excluding carboxylic acids is 1. The molecule has 0 saturated heterocycles. The van der Waals surface area contributed by atoms with Crippen LogP contribution in [-0.2, 0) is 6.42 Å². The fourth-order valence-corrected chi connectivity index (χ4v) is 4.41. The number of carbonyl (C=O) groups is 1. The quantitative estimate of drug-likeness (QED) is 0.658. The van der Waals surface area contributed by atoms with E-state index in [9.17, 15) is 4.79 Å². The highest BCUT2D eigenvalue weighted by molar-refractivity contribution is 7.23. The largest absolute Gasteiger partial charge is 0.376 e. The van der Waals surface area contributed by atoms with Gasteiger partial charge in [-0.05, 0) is 42.5 Å². The smallest absolute Gasteiger partial charge is 0.196 e. The monoisotopic (exact) mass is 349 g/mol. The topological polar surface area (TPSA) is 65.8 Å². The van der Waals surface area contributed by atoms with Gasteiger partial charge in [0.2, 0.25) is 0 Å². The van der Waals surface area contributed by atoms with Gasteiger partial charge in [-0.1, -0.05) is 19.1 Å². The highest BCUT2D eigenvalue weighted by atomic mass is 32.1. The van der Waals surface area contributed by atoms with Crippen molar-refractivity contribution in [2.24, 2.45) is 0 Å². The number of fused-ring (bicyclic) bond motifs is 2. The van der Waals surface area contributed by atoms with Crippen LogP contribution in [0.25, 0.3) is 10.1 Å². The lowest BCUT2D eigenvalue weighted by Crippen LogP contribution is -2.07. The Balaban J connectivity index is 1.80. The SMILES string of the molecule is CCCNc1sc2cnccc2c1C(=O)c1ccc2c(c1)CCC2=N. The van der Waals surface area contributed by atoms with Crippen LogP contribution >= 0.6 is 11.3 Å². The summed E-state index contributed by atoms with van der Waals surface area (Å²) < 4.78 is 1.02. The third-order valence-corrected chi connectivity index (χ3v) is 5.69. The van der Waals surface area contributed by atoms with Crippen molar-refractivity contribution in [3.8, 4) is 0 Å². The molecule has 0 saturated carbocycles. The minimum absolute atomic E-state index is 0.0392. The van der Waals surface area contributed by atoms with Crippen LogP contribution in [0.4, 0.5) is 5.00 Å². The molecule has 1 aliphatic rings. The molecule has 1 aromatic carbocycles. The molecule has 0 atom stereocenters. The van der Waals surface area contributed by atoms with Crippen molar-refractivity contribution in [2.45, 2.75) is 26.2 Å². The van der Waals surface area contributed by atoms with Crippen LogP contribution in [0.2, 0.25) is 0 Å². The van der Waals surface area contributed by atoms with E-state index in [1.165, 1.54) is 0 Å². The first-order valence-electron chi connectivity index (χ1n) is 8.55. The number of aromatic nitrogens is 1. The molecule has 0 fully saturated rings. The van der Waals surface area contributed by atoms with Crippen molar-refractivity contribution in [3.63, 3.8) is 0 Å². The van der Waals surface area contributed by atoms with E-state index in [0.29, 0.717) is 11.3 Å². The number of nitrogens with one attached hydrogen (secondary N) is 2. The zero-order chi connectivity index (χ0) is 17.4. The number of pyridine rings is 1. The number of benzene rings is 1. The Morgan fingerprint density at radius 3 is 3.04 bits per heavy atom. The first kappa shape index (κ1) is 16.0. The first-order chi connectivity index (χ1) is 12.2. The van der Waals surface area contributed by atoms with E-state index in [1.54, 1.807) is 17.5 Å². The first-order valence-corrected chi connectivity index (χ1v) is 9.36. The molecular weight excluding hydrogens is 330 g/mol.